The number of hydrogen-bond donors (Lipinski definition) is 1. The average Bonchev–Trinajstić information content (AvgIpc) is 2.62. The highest BCUT2D eigenvalue weighted by Gasteiger charge is 2.13. The van der Waals surface area contributed by atoms with Gasteiger partial charge in [0.05, 0.1) is 6.04 Å². The second-order valence-corrected chi connectivity index (χ2v) is 5.72. The molecular formula is C20H17F2NO2. The Labute approximate surface area is 144 Å². The largest absolute Gasteiger partial charge is 0.484 e. The first-order chi connectivity index (χ1) is 12.0. The van der Waals surface area contributed by atoms with Crippen molar-refractivity contribution in [3.05, 3.63) is 77.9 Å². The van der Waals surface area contributed by atoms with Crippen LogP contribution < -0.4 is 10.1 Å². The summed E-state index contributed by atoms with van der Waals surface area (Å²) in [5.74, 6) is -2.21. The molecule has 0 saturated heterocycles. The van der Waals surface area contributed by atoms with Crippen molar-refractivity contribution in [1.29, 1.82) is 0 Å². The van der Waals surface area contributed by atoms with Gasteiger partial charge in [0.1, 0.15) is 5.75 Å². The lowest BCUT2D eigenvalue weighted by atomic mass is 10.00. The molecule has 0 heterocycles. The van der Waals surface area contributed by atoms with Crippen LogP contribution in [0.1, 0.15) is 18.5 Å². The van der Waals surface area contributed by atoms with Crippen molar-refractivity contribution in [2.24, 2.45) is 0 Å². The fourth-order valence-corrected chi connectivity index (χ4v) is 2.70. The third-order valence-corrected chi connectivity index (χ3v) is 3.93. The summed E-state index contributed by atoms with van der Waals surface area (Å²) in [5, 5.41) is 5.02. The van der Waals surface area contributed by atoms with Gasteiger partial charge in [0, 0.05) is 6.07 Å². The Morgan fingerprint density at radius 2 is 1.80 bits per heavy atom. The third-order valence-electron chi connectivity index (χ3n) is 3.93. The maximum atomic E-state index is 13.1. The second-order valence-electron chi connectivity index (χ2n) is 5.72. The van der Waals surface area contributed by atoms with Gasteiger partial charge in [-0.1, -0.05) is 42.5 Å². The molecule has 0 unspecified atom stereocenters. The highest BCUT2D eigenvalue weighted by molar-refractivity contribution is 5.87. The van der Waals surface area contributed by atoms with Gasteiger partial charge in [-0.05, 0) is 35.4 Å². The molecule has 0 aliphatic carbocycles. The van der Waals surface area contributed by atoms with Gasteiger partial charge in [0.25, 0.3) is 5.91 Å². The molecule has 3 nitrogen and oxygen atoms in total. The number of halogens is 2. The minimum atomic E-state index is -1.01. The average molecular weight is 341 g/mol. The van der Waals surface area contributed by atoms with Crippen LogP contribution in [-0.2, 0) is 4.79 Å². The van der Waals surface area contributed by atoms with E-state index in [1.54, 1.807) is 0 Å². The fraction of sp³-hybridized carbons (Fsp3) is 0.150. The Hall–Kier alpha value is -2.95. The van der Waals surface area contributed by atoms with Gasteiger partial charge in [-0.25, -0.2) is 8.78 Å². The summed E-state index contributed by atoms with van der Waals surface area (Å²) < 4.78 is 31.2. The smallest absolute Gasteiger partial charge is 0.258 e. The molecule has 0 radical (unpaired) electrons. The van der Waals surface area contributed by atoms with Crippen LogP contribution in [0.4, 0.5) is 8.78 Å². The minimum absolute atomic E-state index is 0.104. The third kappa shape index (κ3) is 3.94. The molecular weight excluding hydrogens is 324 g/mol. The predicted molar refractivity (Wildman–Crippen MR) is 92.4 cm³/mol. The van der Waals surface area contributed by atoms with Crippen LogP contribution in [0, 0.1) is 11.6 Å². The molecule has 3 rings (SSSR count). The van der Waals surface area contributed by atoms with Crippen molar-refractivity contribution < 1.29 is 18.3 Å². The number of carbonyl (C=O) groups excluding carboxylic acids is 1. The molecule has 1 atom stereocenters. The van der Waals surface area contributed by atoms with E-state index in [4.69, 9.17) is 4.74 Å². The Balaban J connectivity index is 1.64. The van der Waals surface area contributed by atoms with Crippen molar-refractivity contribution in [1.82, 2.24) is 5.32 Å². The lowest BCUT2D eigenvalue weighted by Crippen LogP contribution is -2.31. The maximum absolute atomic E-state index is 13.1. The molecule has 0 aliphatic heterocycles. The van der Waals surface area contributed by atoms with Crippen molar-refractivity contribution in [2.75, 3.05) is 6.61 Å². The number of fused-ring (bicyclic) bond motifs is 1. The maximum Gasteiger partial charge on any atom is 0.258 e. The van der Waals surface area contributed by atoms with E-state index in [9.17, 15) is 13.6 Å². The molecule has 3 aromatic carbocycles. The SMILES string of the molecule is C[C@H](NC(=O)COc1ccc(F)c(F)c1)c1cccc2ccccc12. The quantitative estimate of drug-likeness (QED) is 0.748. The van der Waals surface area contributed by atoms with Gasteiger partial charge < -0.3 is 10.1 Å². The number of ether oxygens (including phenoxy) is 1. The predicted octanol–water partition coefficient (Wildman–Crippen LogP) is 4.37. The van der Waals surface area contributed by atoms with Gasteiger partial charge in [-0.15, -0.1) is 0 Å². The highest BCUT2D eigenvalue weighted by Crippen LogP contribution is 2.24. The standard InChI is InChI=1S/C20H17F2NO2/c1-13(16-8-4-6-14-5-2-3-7-17(14)16)23-20(24)12-25-15-9-10-18(21)19(22)11-15/h2-11,13H,12H2,1H3,(H,23,24)/t13-/m0/s1. The molecule has 5 heteroatoms. The van der Waals surface area contributed by atoms with Gasteiger partial charge >= 0.3 is 0 Å². The number of nitrogens with one attached hydrogen (secondary N) is 1. The molecule has 0 aliphatic rings. The first-order valence-electron chi connectivity index (χ1n) is 7.89. The first-order valence-corrected chi connectivity index (χ1v) is 7.89. The second kappa shape index (κ2) is 7.30. The van der Waals surface area contributed by atoms with Crippen LogP contribution in [0.3, 0.4) is 0 Å². The summed E-state index contributed by atoms with van der Waals surface area (Å²) in [6, 6.07) is 16.8. The Morgan fingerprint density at radius 1 is 1.04 bits per heavy atom. The van der Waals surface area contributed by atoms with Crippen LogP contribution in [0.25, 0.3) is 10.8 Å². The molecule has 0 spiro atoms. The molecule has 0 bridgehead atoms. The fourth-order valence-electron chi connectivity index (χ4n) is 2.70. The zero-order valence-electron chi connectivity index (χ0n) is 13.6. The van der Waals surface area contributed by atoms with Crippen LogP contribution in [0.15, 0.2) is 60.7 Å². The topological polar surface area (TPSA) is 38.3 Å². The summed E-state index contributed by atoms with van der Waals surface area (Å²) >= 11 is 0. The minimum Gasteiger partial charge on any atom is -0.484 e. The number of rotatable bonds is 5. The molecule has 1 N–H and O–H groups in total. The lowest BCUT2D eigenvalue weighted by molar-refractivity contribution is -0.123. The Kier molecular flexibility index (Phi) is 4.93. The van der Waals surface area contributed by atoms with Crippen molar-refractivity contribution in [2.45, 2.75) is 13.0 Å². The zero-order valence-corrected chi connectivity index (χ0v) is 13.6. The monoisotopic (exact) mass is 341 g/mol. The lowest BCUT2D eigenvalue weighted by Gasteiger charge is -2.17. The number of carbonyl (C=O) groups is 1. The molecule has 0 saturated carbocycles. The summed E-state index contributed by atoms with van der Waals surface area (Å²) in [6.07, 6.45) is 0. The van der Waals surface area contributed by atoms with Crippen LogP contribution in [0.5, 0.6) is 5.75 Å². The van der Waals surface area contributed by atoms with Gasteiger partial charge in [0.2, 0.25) is 0 Å². The summed E-state index contributed by atoms with van der Waals surface area (Å²) in [6.45, 7) is 1.61. The van der Waals surface area contributed by atoms with Gasteiger partial charge in [0.15, 0.2) is 18.2 Å². The highest BCUT2D eigenvalue weighted by atomic mass is 19.2. The van der Waals surface area contributed by atoms with E-state index in [-0.39, 0.29) is 24.3 Å². The van der Waals surface area contributed by atoms with E-state index < -0.39 is 11.6 Å². The van der Waals surface area contributed by atoms with Crippen LogP contribution >= 0.6 is 0 Å². The van der Waals surface area contributed by atoms with E-state index in [0.29, 0.717) is 0 Å². The van der Waals surface area contributed by atoms with Gasteiger partial charge in [-0.3, -0.25) is 4.79 Å². The van der Waals surface area contributed by atoms with Gasteiger partial charge in [-0.2, -0.15) is 0 Å². The normalized spacial score (nSPS) is 12.0. The van der Waals surface area contributed by atoms with E-state index in [0.717, 1.165) is 28.5 Å². The Bertz CT molecular complexity index is 906. The summed E-state index contributed by atoms with van der Waals surface area (Å²) in [5.41, 5.74) is 0.999. The van der Waals surface area contributed by atoms with E-state index in [2.05, 4.69) is 5.32 Å². The van der Waals surface area contributed by atoms with Crippen LogP contribution in [-0.4, -0.2) is 12.5 Å². The number of amides is 1. The molecule has 1 amide bonds. The van der Waals surface area contributed by atoms with Crippen molar-refractivity contribution in [3.8, 4) is 5.75 Å². The summed E-state index contributed by atoms with van der Waals surface area (Å²) in [7, 11) is 0. The summed E-state index contributed by atoms with van der Waals surface area (Å²) in [4.78, 5) is 12.1. The van der Waals surface area contributed by atoms with Crippen molar-refractivity contribution >= 4 is 16.7 Å². The van der Waals surface area contributed by atoms with E-state index >= 15 is 0 Å². The number of hydrogen-bond acceptors (Lipinski definition) is 2. The molecule has 3 aromatic rings. The molecule has 25 heavy (non-hydrogen) atoms. The first kappa shape index (κ1) is 16.9. The van der Waals surface area contributed by atoms with E-state index in [1.807, 2.05) is 49.4 Å². The molecule has 128 valence electrons. The molecule has 0 fully saturated rings. The Morgan fingerprint density at radius 3 is 2.60 bits per heavy atom. The number of benzene rings is 3. The van der Waals surface area contributed by atoms with Crippen LogP contribution in [0.2, 0.25) is 0 Å². The van der Waals surface area contributed by atoms with E-state index in [1.165, 1.54) is 6.07 Å². The van der Waals surface area contributed by atoms with Crippen molar-refractivity contribution in [3.63, 3.8) is 0 Å². The molecule has 0 aromatic heterocycles. The zero-order chi connectivity index (χ0) is 17.8.